The van der Waals surface area contributed by atoms with E-state index in [1.165, 1.54) is 7.05 Å². The van der Waals surface area contributed by atoms with Crippen molar-refractivity contribution in [1.82, 2.24) is 19.7 Å². The first-order valence-electron chi connectivity index (χ1n) is 10.5. The highest BCUT2D eigenvalue weighted by Crippen LogP contribution is 2.22. The summed E-state index contributed by atoms with van der Waals surface area (Å²) >= 11 is 0. The average Bonchev–Trinajstić information content (AvgIpc) is 2.78. The topological polar surface area (TPSA) is 74.7 Å². The van der Waals surface area contributed by atoms with Gasteiger partial charge in [0.25, 0.3) is 11.5 Å². The number of aromatic nitrogens is 1. The Balaban J connectivity index is 1.94. The largest absolute Gasteiger partial charge is 0.355 e. The van der Waals surface area contributed by atoms with Crippen molar-refractivity contribution in [3.05, 3.63) is 69.1 Å². The van der Waals surface area contributed by atoms with E-state index in [9.17, 15) is 14.4 Å². The molecule has 7 nitrogen and oxygen atoms in total. The van der Waals surface area contributed by atoms with Crippen LogP contribution in [-0.2, 0) is 25.9 Å². The van der Waals surface area contributed by atoms with Gasteiger partial charge < -0.3 is 19.7 Å². The van der Waals surface area contributed by atoms with Crippen LogP contribution in [0.5, 0.6) is 0 Å². The van der Waals surface area contributed by atoms with Gasteiger partial charge >= 0.3 is 6.03 Å². The monoisotopic (exact) mass is 410 g/mol. The average molecular weight is 411 g/mol. The van der Waals surface area contributed by atoms with E-state index < -0.39 is 0 Å². The summed E-state index contributed by atoms with van der Waals surface area (Å²) in [5.41, 5.74) is 2.69. The molecule has 1 aliphatic rings. The molecule has 0 spiro atoms. The maximum Gasteiger partial charge on any atom is 0.320 e. The molecule has 0 atom stereocenters. The third kappa shape index (κ3) is 4.40. The number of pyridine rings is 1. The van der Waals surface area contributed by atoms with Crippen LogP contribution in [0.3, 0.4) is 0 Å². The molecule has 2 aromatic rings. The number of fused-ring (bicyclic) bond motifs is 1. The summed E-state index contributed by atoms with van der Waals surface area (Å²) < 4.78 is 1.61. The van der Waals surface area contributed by atoms with Gasteiger partial charge in [0.2, 0.25) is 0 Å². The maximum absolute atomic E-state index is 13.1. The Morgan fingerprint density at radius 2 is 1.83 bits per heavy atom. The zero-order valence-corrected chi connectivity index (χ0v) is 18.0. The van der Waals surface area contributed by atoms with Crippen molar-refractivity contribution in [2.45, 2.75) is 39.8 Å². The minimum atomic E-state index is -0.367. The van der Waals surface area contributed by atoms with E-state index in [-0.39, 0.29) is 23.1 Å². The Labute approximate surface area is 177 Å². The zero-order valence-electron chi connectivity index (χ0n) is 18.0. The molecule has 0 bridgehead atoms. The normalized spacial score (nSPS) is 13.0. The number of nitrogens with one attached hydrogen (secondary N) is 1. The molecule has 0 saturated heterocycles. The maximum atomic E-state index is 13.1. The number of benzene rings is 1. The number of carbonyl (C=O) groups is 2. The third-order valence-corrected chi connectivity index (χ3v) is 5.71. The molecule has 3 amide bonds. The van der Waals surface area contributed by atoms with Crippen LogP contribution in [0, 0.1) is 0 Å². The van der Waals surface area contributed by atoms with E-state index in [1.54, 1.807) is 14.4 Å². The fourth-order valence-electron chi connectivity index (χ4n) is 3.99. The first-order valence-corrected chi connectivity index (χ1v) is 10.5. The van der Waals surface area contributed by atoms with Crippen LogP contribution in [0.15, 0.2) is 41.3 Å². The van der Waals surface area contributed by atoms with E-state index >= 15 is 0 Å². The summed E-state index contributed by atoms with van der Waals surface area (Å²) in [5, 5.41) is 2.60. The first-order chi connectivity index (χ1) is 14.5. The lowest BCUT2D eigenvalue weighted by Gasteiger charge is -2.34. The van der Waals surface area contributed by atoms with Crippen molar-refractivity contribution >= 4 is 11.9 Å². The van der Waals surface area contributed by atoms with Gasteiger partial charge in [0.15, 0.2) is 0 Å². The van der Waals surface area contributed by atoms with Crippen LogP contribution in [0.1, 0.15) is 40.9 Å². The zero-order chi connectivity index (χ0) is 21.7. The lowest BCUT2D eigenvalue weighted by atomic mass is 9.96. The highest BCUT2D eigenvalue weighted by atomic mass is 16.2. The summed E-state index contributed by atoms with van der Waals surface area (Å²) in [6, 6.07) is 9.94. The molecule has 0 aliphatic carbocycles. The molecule has 7 heteroatoms. The molecule has 0 unspecified atom stereocenters. The summed E-state index contributed by atoms with van der Waals surface area (Å²) in [5.74, 6) is -0.367. The van der Waals surface area contributed by atoms with Crippen LogP contribution < -0.4 is 10.9 Å². The molecule has 1 aliphatic heterocycles. The summed E-state index contributed by atoms with van der Waals surface area (Å²) in [6.45, 7) is 6.61. The molecule has 160 valence electrons. The van der Waals surface area contributed by atoms with Crippen LogP contribution in [-0.4, -0.2) is 53.0 Å². The number of nitrogens with zero attached hydrogens (tertiary/aromatic N) is 3. The Hall–Kier alpha value is -3.09. The predicted octanol–water partition coefficient (Wildman–Crippen LogP) is 2.27. The Morgan fingerprint density at radius 1 is 1.13 bits per heavy atom. The molecule has 0 radical (unpaired) electrons. The fourth-order valence-corrected chi connectivity index (χ4v) is 3.99. The molecular weight excluding hydrogens is 380 g/mol. The van der Waals surface area contributed by atoms with E-state index in [4.69, 9.17) is 0 Å². The number of rotatable bonds is 6. The van der Waals surface area contributed by atoms with Gasteiger partial charge in [-0.15, -0.1) is 0 Å². The van der Waals surface area contributed by atoms with Crippen molar-refractivity contribution < 1.29 is 9.59 Å². The third-order valence-electron chi connectivity index (χ3n) is 5.71. The van der Waals surface area contributed by atoms with Crippen molar-refractivity contribution in [1.29, 1.82) is 0 Å². The molecule has 1 aromatic heterocycles. The standard InChI is InChI=1S/C23H30N4O3/c1-4-25(5-2)23(30)27-14-12-19-18(16-27)15-26(22(29)20(19)21(28)24-3)13-11-17-9-7-6-8-10-17/h6-10,15H,4-5,11-14,16H2,1-3H3,(H,24,28). The Bertz CT molecular complexity index is 964. The summed E-state index contributed by atoms with van der Waals surface area (Å²) in [4.78, 5) is 42.0. The van der Waals surface area contributed by atoms with Gasteiger partial charge in [-0.3, -0.25) is 9.59 Å². The molecular formula is C23H30N4O3. The Morgan fingerprint density at radius 3 is 2.47 bits per heavy atom. The molecule has 1 N–H and O–H groups in total. The smallest absolute Gasteiger partial charge is 0.320 e. The molecule has 30 heavy (non-hydrogen) atoms. The lowest BCUT2D eigenvalue weighted by Crippen LogP contribution is -2.46. The fraction of sp³-hybridized carbons (Fsp3) is 0.435. The van der Waals surface area contributed by atoms with Crippen molar-refractivity contribution in [3.63, 3.8) is 0 Å². The highest BCUT2D eigenvalue weighted by Gasteiger charge is 2.29. The van der Waals surface area contributed by atoms with Crippen LogP contribution in [0.4, 0.5) is 4.79 Å². The van der Waals surface area contributed by atoms with Gasteiger partial charge in [0, 0.05) is 46.0 Å². The minimum Gasteiger partial charge on any atom is -0.355 e. The molecule has 3 rings (SSSR count). The van der Waals surface area contributed by atoms with E-state index in [1.807, 2.05) is 50.4 Å². The van der Waals surface area contributed by atoms with Gasteiger partial charge in [0.05, 0.1) is 0 Å². The van der Waals surface area contributed by atoms with Crippen LogP contribution in [0.2, 0.25) is 0 Å². The number of amides is 3. The molecule has 0 saturated carbocycles. The van der Waals surface area contributed by atoms with Gasteiger partial charge in [-0.05, 0) is 43.4 Å². The molecule has 2 heterocycles. The van der Waals surface area contributed by atoms with Crippen LogP contribution in [0.25, 0.3) is 0 Å². The second-order valence-corrected chi connectivity index (χ2v) is 7.45. The SMILES string of the molecule is CCN(CC)C(=O)N1CCc2c(cn(CCc3ccccc3)c(=O)c2C(=O)NC)C1. The first kappa shape index (κ1) is 21.6. The minimum absolute atomic E-state index is 0.00539. The summed E-state index contributed by atoms with van der Waals surface area (Å²) in [7, 11) is 1.54. The second kappa shape index (κ2) is 9.61. The highest BCUT2D eigenvalue weighted by molar-refractivity contribution is 5.95. The number of hydrogen-bond donors (Lipinski definition) is 1. The van der Waals surface area contributed by atoms with Gasteiger partial charge in [-0.25, -0.2) is 4.79 Å². The Kier molecular flexibility index (Phi) is 6.92. The number of aryl methyl sites for hydroxylation is 2. The number of hydrogen-bond acceptors (Lipinski definition) is 3. The van der Waals surface area contributed by atoms with Gasteiger partial charge in [-0.1, -0.05) is 30.3 Å². The summed E-state index contributed by atoms with van der Waals surface area (Å²) in [6.07, 6.45) is 3.02. The second-order valence-electron chi connectivity index (χ2n) is 7.45. The number of urea groups is 1. The number of carbonyl (C=O) groups excluding carboxylic acids is 2. The van der Waals surface area contributed by atoms with Crippen LogP contribution >= 0.6 is 0 Å². The van der Waals surface area contributed by atoms with Crippen molar-refractivity contribution in [2.24, 2.45) is 0 Å². The van der Waals surface area contributed by atoms with Crippen molar-refractivity contribution in [2.75, 3.05) is 26.7 Å². The lowest BCUT2D eigenvalue weighted by molar-refractivity contribution is 0.0959. The molecule has 0 fully saturated rings. The van der Waals surface area contributed by atoms with E-state index in [0.717, 1.165) is 16.7 Å². The van der Waals surface area contributed by atoms with Gasteiger partial charge in [0.1, 0.15) is 5.56 Å². The van der Waals surface area contributed by atoms with Gasteiger partial charge in [-0.2, -0.15) is 0 Å². The quantitative estimate of drug-likeness (QED) is 0.794. The van der Waals surface area contributed by atoms with E-state index in [0.29, 0.717) is 45.6 Å². The van der Waals surface area contributed by atoms with Crippen molar-refractivity contribution in [3.8, 4) is 0 Å². The molecule has 1 aromatic carbocycles. The van der Waals surface area contributed by atoms with E-state index in [2.05, 4.69) is 5.32 Å². The predicted molar refractivity (Wildman–Crippen MR) is 117 cm³/mol.